The lowest BCUT2D eigenvalue weighted by Gasteiger charge is -2.21. The van der Waals surface area contributed by atoms with Crippen LogP contribution in [0.4, 0.5) is 0 Å². The fourth-order valence-electron chi connectivity index (χ4n) is 12.6. The molecule has 3 unspecified atom stereocenters. The Bertz CT molecular complexity index is 1970. The van der Waals surface area contributed by atoms with E-state index in [1.54, 1.807) is 0 Å². The van der Waals surface area contributed by atoms with E-state index < -0.39 is 97.5 Å². The second-order valence-corrected chi connectivity index (χ2v) is 34.3. The third-order valence-electron chi connectivity index (χ3n) is 19.1. The van der Waals surface area contributed by atoms with E-state index in [1.807, 2.05) is 0 Å². The number of phosphoric acid groups is 2. The van der Waals surface area contributed by atoms with Gasteiger partial charge in [0.05, 0.1) is 26.4 Å². The smallest absolute Gasteiger partial charge is 0.462 e. The van der Waals surface area contributed by atoms with Crippen molar-refractivity contribution in [2.24, 2.45) is 23.7 Å². The molecular weight excluding hydrogens is 1320 g/mol. The summed E-state index contributed by atoms with van der Waals surface area (Å²) in [7, 11) is -9.92. The van der Waals surface area contributed by atoms with Gasteiger partial charge >= 0.3 is 39.5 Å². The normalized spacial score (nSPS) is 14.0. The number of hydrogen-bond acceptors (Lipinski definition) is 15. The molecule has 0 saturated heterocycles. The number of carbonyl (C=O) groups excluding carboxylic acids is 4. The van der Waals surface area contributed by atoms with Gasteiger partial charge in [0.25, 0.3) is 0 Å². The third kappa shape index (κ3) is 76.1. The van der Waals surface area contributed by atoms with Gasteiger partial charge < -0.3 is 33.8 Å². The van der Waals surface area contributed by atoms with Crippen LogP contribution in [-0.2, 0) is 65.4 Å². The van der Waals surface area contributed by atoms with Gasteiger partial charge in [-0.3, -0.25) is 37.3 Å². The van der Waals surface area contributed by atoms with E-state index in [-0.39, 0.29) is 25.7 Å². The van der Waals surface area contributed by atoms with E-state index in [0.29, 0.717) is 31.6 Å². The quantitative estimate of drug-likeness (QED) is 0.0222. The minimum Gasteiger partial charge on any atom is -0.462 e. The highest BCUT2D eigenvalue weighted by molar-refractivity contribution is 7.47. The summed E-state index contributed by atoms with van der Waals surface area (Å²) in [6.45, 7) is 14.2. The Hall–Kier alpha value is -1.94. The predicted molar refractivity (Wildman–Crippen MR) is 414 cm³/mol. The summed E-state index contributed by atoms with van der Waals surface area (Å²) >= 11 is 0. The summed E-state index contributed by atoms with van der Waals surface area (Å²) in [6.07, 6.45) is 58.4. The van der Waals surface area contributed by atoms with Crippen molar-refractivity contribution >= 4 is 39.5 Å². The summed E-state index contributed by atoms with van der Waals surface area (Å²) < 4.78 is 68.7. The molecule has 0 aromatic rings. The standard InChI is InChI=1S/C82H160O17P2/c1-72(2)58-50-42-34-27-21-16-13-11-9-10-12-14-18-25-31-39-48-56-64-81(86)99-78(69-93-80(85)63-55-47-41-33-37-45-53-61-75(7)8)71-97-101(90,91)95-67-76(83)66-94-100(88,89)96-70-77(98-82(87)65-57-49-40-32-26-20-23-29-36-44-52-60-74(5)6)68-92-79(84)62-54-46-38-30-24-19-15-17-22-28-35-43-51-59-73(3)4/h72-78,83H,9-71H2,1-8H3,(H,88,89)(H,90,91)/t76?,77-,78-/m1/s1. The first-order valence-corrected chi connectivity index (χ1v) is 45.2. The molecule has 0 fully saturated rings. The molecule has 0 aliphatic heterocycles. The Labute approximate surface area is 619 Å². The van der Waals surface area contributed by atoms with Crippen molar-refractivity contribution in [3.8, 4) is 0 Å². The van der Waals surface area contributed by atoms with Crippen LogP contribution >= 0.6 is 15.6 Å². The van der Waals surface area contributed by atoms with Crippen LogP contribution < -0.4 is 0 Å². The Balaban J connectivity index is 5.20. The number of rotatable bonds is 79. The largest absolute Gasteiger partial charge is 0.472 e. The van der Waals surface area contributed by atoms with Gasteiger partial charge in [0, 0.05) is 25.7 Å². The minimum absolute atomic E-state index is 0.106. The van der Waals surface area contributed by atoms with Crippen LogP contribution in [-0.4, -0.2) is 96.7 Å². The summed E-state index contributed by atoms with van der Waals surface area (Å²) in [5.41, 5.74) is 0. The monoisotopic (exact) mass is 1480 g/mol. The van der Waals surface area contributed by atoms with Crippen molar-refractivity contribution in [3.05, 3.63) is 0 Å². The van der Waals surface area contributed by atoms with Gasteiger partial charge in [0.2, 0.25) is 0 Å². The lowest BCUT2D eigenvalue weighted by atomic mass is 10.0. The summed E-state index contributed by atoms with van der Waals surface area (Å²) in [4.78, 5) is 73.0. The molecule has 0 aliphatic carbocycles. The van der Waals surface area contributed by atoms with Crippen LogP contribution in [0.5, 0.6) is 0 Å². The van der Waals surface area contributed by atoms with Crippen LogP contribution in [0.15, 0.2) is 0 Å². The second kappa shape index (κ2) is 71.0. The molecule has 600 valence electrons. The fourth-order valence-corrected chi connectivity index (χ4v) is 14.2. The highest BCUT2D eigenvalue weighted by Gasteiger charge is 2.30. The topological polar surface area (TPSA) is 237 Å². The van der Waals surface area contributed by atoms with Crippen molar-refractivity contribution in [2.75, 3.05) is 39.6 Å². The van der Waals surface area contributed by atoms with E-state index in [2.05, 4.69) is 55.4 Å². The van der Waals surface area contributed by atoms with E-state index in [4.69, 9.17) is 37.0 Å². The first-order chi connectivity index (χ1) is 48.6. The SMILES string of the molecule is CC(C)CCCCCCCCCCCCCCCCCCCCC(=O)O[C@H](COC(=O)CCCCCCCCCC(C)C)COP(=O)(O)OCC(O)COP(=O)(O)OC[C@@H](COC(=O)CCCCCCCCCCCCCCCC(C)C)OC(=O)CCCCCCCCCCCCCC(C)C. The van der Waals surface area contributed by atoms with E-state index >= 15 is 0 Å². The van der Waals surface area contributed by atoms with Crippen LogP contribution in [0, 0.1) is 23.7 Å². The van der Waals surface area contributed by atoms with Crippen LogP contribution in [0.2, 0.25) is 0 Å². The van der Waals surface area contributed by atoms with Gasteiger partial charge in [0.15, 0.2) is 12.2 Å². The van der Waals surface area contributed by atoms with Gasteiger partial charge in [-0.2, -0.15) is 0 Å². The Morgan fingerprint density at radius 1 is 0.248 bits per heavy atom. The zero-order valence-corrected chi connectivity index (χ0v) is 68.3. The molecule has 19 heteroatoms. The molecule has 101 heavy (non-hydrogen) atoms. The lowest BCUT2D eigenvalue weighted by Crippen LogP contribution is -2.30. The molecule has 0 radical (unpaired) electrons. The Morgan fingerprint density at radius 2 is 0.416 bits per heavy atom. The van der Waals surface area contributed by atoms with Crippen molar-refractivity contribution in [3.63, 3.8) is 0 Å². The van der Waals surface area contributed by atoms with E-state index in [9.17, 15) is 43.2 Å². The van der Waals surface area contributed by atoms with E-state index in [1.165, 1.54) is 218 Å². The zero-order valence-electron chi connectivity index (χ0n) is 66.5. The number of aliphatic hydroxyl groups excluding tert-OH is 1. The van der Waals surface area contributed by atoms with Gasteiger partial charge in [-0.1, -0.05) is 370 Å². The molecule has 0 rings (SSSR count). The van der Waals surface area contributed by atoms with Crippen molar-refractivity contribution < 1.29 is 80.2 Å². The maximum Gasteiger partial charge on any atom is 0.472 e. The number of esters is 4. The number of phosphoric ester groups is 2. The maximum absolute atomic E-state index is 13.1. The molecule has 17 nitrogen and oxygen atoms in total. The summed E-state index contributed by atoms with van der Waals surface area (Å²) in [5.74, 6) is 0.968. The summed E-state index contributed by atoms with van der Waals surface area (Å²) in [6, 6.07) is 0. The van der Waals surface area contributed by atoms with Gasteiger partial charge in [0.1, 0.15) is 19.3 Å². The minimum atomic E-state index is -4.96. The molecule has 3 N–H and O–H groups in total. The molecule has 0 aromatic heterocycles. The zero-order chi connectivity index (χ0) is 74.6. The lowest BCUT2D eigenvalue weighted by molar-refractivity contribution is -0.161. The number of unbranched alkanes of at least 4 members (excludes halogenated alkanes) is 45. The average Bonchev–Trinajstić information content (AvgIpc) is 0.930. The van der Waals surface area contributed by atoms with Crippen molar-refractivity contribution in [2.45, 2.75) is 440 Å². The van der Waals surface area contributed by atoms with Gasteiger partial charge in [-0.15, -0.1) is 0 Å². The molecule has 0 heterocycles. The van der Waals surface area contributed by atoms with Gasteiger partial charge in [-0.25, -0.2) is 9.13 Å². The molecular formula is C82H160O17P2. The van der Waals surface area contributed by atoms with Crippen LogP contribution in [0.3, 0.4) is 0 Å². The number of aliphatic hydroxyl groups is 1. The highest BCUT2D eigenvalue weighted by Crippen LogP contribution is 2.45. The number of carbonyl (C=O) groups is 4. The van der Waals surface area contributed by atoms with Crippen molar-refractivity contribution in [1.29, 1.82) is 0 Å². The number of hydrogen-bond donors (Lipinski definition) is 3. The average molecular weight is 1480 g/mol. The van der Waals surface area contributed by atoms with E-state index in [0.717, 1.165) is 114 Å². The molecule has 0 amide bonds. The van der Waals surface area contributed by atoms with Crippen LogP contribution in [0.25, 0.3) is 0 Å². The molecule has 0 aromatic carbocycles. The van der Waals surface area contributed by atoms with Crippen LogP contribution in [0.1, 0.15) is 421 Å². The maximum atomic E-state index is 13.1. The number of ether oxygens (including phenoxy) is 4. The molecule has 0 aliphatic rings. The second-order valence-electron chi connectivity index (χ2n) is 31.4. The molecule has 5 atom stereocenters. The molecule has 0 bridgehead atoms. The Kier molecular flexibility index (Phi) is 69.6. The highest BCUT2D eigenvalue weighted by atomic mass is 31.2. The molecule has 0 spiro atoms. The van der Waals surface area contributed by atoms with Crippen molar-refractivity contribution in [1.82, 2.24) is 0 Å². The first-order valence-electron chi connectivity index (χ1n) is 42.2. The Morgan fingerprint density at radius 3 is 0.614 bits per heavy atom. The predicted octanol–water partition coefficient (Wildman–Crippen LogP) is 24.4. The first kappa shape index (κ1) is 99.1. The summed E-state index contributed by atoms with van der Waals surface area (Å²) in [5, 5.41) is 10.6. The third-order valence-corrected chi connectivity index (χ3v) is 21.0. The fraction of sp³-hybridized carbons (Fsp3) is 0.951. The molecule has 0 saturated carbocycles. The van der Waals surface area contributed by atoms with Gasteiger partial charge in [-0.05, 0) is 49.4 Å².